The molecule has 0 saturated heterocycles. The van der Waals surface area contributed by atoms with Crippen LogP contribution in [-0.4, -0.2) is 42.7 Å². The van der Waals surface area contributed by atoms with Gasteiger partial charge < -0.3 is 4.57 Å². The Morgan fingerprint density at radius 2 is 1.82 bits per heavy atom. The van der Waals surface area contributed by atoms with Crippen LogP contribution in [0.3, 0.4) is 0 Å². The minimum Gasteiger partial charge on any atom is -0.317 e. The van der Waals surface area contributed by atoms with E-state index >= 15 is 0 Å². The van der Waals surface area contributed by atoms with Crippen LogP contribution in [0.5, 0.6) is 0 Å². The average molecular weight is 404 g/mol. The molecule has 0 radical (unpaired) electrons. The molecule has 1 heterocycles. The molecule has 1 aromatic heterocycles. The molecule has 1 fully saturated rings. The third-order valence-electron chi connectivity index (χ3n) is 5.99. The first-order valence-corrected chi connectivity index (χ1v) is 11.8. The van der Waals surface area contributed by atoms with E-state index in [2.05, 4.69) is 75.0 Å². The predicted molar refractivity (Wildman–Crippen MR) is 113 cm³/mol. The SMILES string of the molecule is CC(C)Cn1c(CN(C)CC2(c3ccccc3)CC2(C)C)cnc1S(C)(=O)=O. The van der Waals surface area contributed by atoms with Crippen LogP contribution in [0.25, 0.3) is 0 Å². The fourth-order valence-corrected chi connectivity index (χ4v) is 5.33. The van der Waals surface area contributed by atoms with Gasteiger partial charge in [-0.2, -0.15) is 0 Å². The summed E-state index contributed by atoms with van der Waals surface area (Å²) in [5.74, 6) is 0.344. The molecule has 0 spiro atoms. The van der Waals surface area contributed by atoms with Crippen LogP contribution >= 0.6 is 0 Å². The lowest BCUT2D eigenvalue weighted by Crippen LogP contribution is -2.33. The monoisotopic (exact) mass is 403 g/mol. The van der Waals surface area contributed by atoms with Crippen molar-refractivity contribution in [3.63, 3.8) is 0 Å². The standard InChI is InChI=1S/C22H33N3O2S/c1-17(2)13-25-19(12-23-20(25)28(6,26)27)14-24(5)16-22(15-21(22,3)4)18-10-8-7-9-11-18/h7-12,17H,13-16H2,1-6H3. The summed E-state index contributed by atoms with van der Waals surface area (Å²) >= 11 is 0. The Labute approximate surface area is 169 Å². The van der Waals surface area contributed by atoms with E-state index < -0.39 is 9.84 Å². The summed E-state index contributed by atoms with van der Waals surface area (Å²) in [4.78, 5) is 6.55. The number of hydrogen-bond acceptors (Lipinski definition) is 4. The number of rotatable bonds is 8. The smallest absolute Gasteiger partial charge is 0.227 e. The topological polar surface area (TPSA) is 55.2 Å². The molecule has 1 aliphatic carbocycles. The van der Waals surface area contributed by atoms with Crippen molar-refractivity contribution in [1.82, 2.24) is 14.5 Å². The van der Waals surface area contributed by atoms with Crippen LogP contribution in [0.4, 0.5) is 0 Å². The van der Waals surface area contributed by atoms with E-state index in [0.29, 0.717) is 19.0 Å². The highest BCUT2D eigenvalue weighted by molar-refractivity contribution is 7.90. The van der Waals surface area contributed by atoms with Crippen LogP contribution < -0.4 is 0 Å². The summed E-state index contributed by atoms with van der Waals surface area (Å²) in [5.41, 5.74) is 2.75. The molecule has 1 unspecified atom stereocenters. The van der Waals surface area contributed by atoms with E-state index in [4.69, 9.17) is 0 Å². The number of hydrogen-bond donors (Lipinski definition) is 0. The van der Waals surface area contributed by atoms with Crippen LogP contribution in [-0.2, 0) is 28.3 Å². The van der Waals surface area contributed by atoms with Crippen LogP contribution in [0.2, 0.25) is 0 Å². The summed E-state index contributed by atoms with van der Waals surface area (Å²) in [6.07, 6.45) is 4.12. The lowest BCUT2D eigenvalue weighted by atomic mass is 9.87. The van der Waals surface area contributed by atoms with Gasteiger partial charge in [0.15, 0.2) is 0 Å². The van der Waals surface area contributed by atoms with Crippen molar-refractivity contribution >= 4 is 9.84 Å². The predicted octanol–water partition coefficient (Wildman–Crippen LogP) is 3.74. The first kappa shape index (κ1) is 21.1. The largest absolute Gasteiger partial charge is 0.317 e. The van der Waals surface area contributed by atoms with E-state index in [1.54, 1.807) is 6.20 Å². The molecule has 3 rings (SSSR count). The van der Waals surface area contributed by atoms with Crippen LogP contribution in [0, 0.1) is 11.3 Å². The van der Waals surface area contributed by atoms with Crippen molar-refractivity contribution < 1.29 is 8.42 Å². The minimum absolute atomic E-state index is 0.144. The average Bonchev–Trinajstić information content (AvgIpc) is 2.92. The van der Waals surface area contributed by atoms with Gasteiger partial charge in [-0.05, 0) is 30.4 Å². The Balaban J connectivity index is 1.84. The number of nitrogens with zero attached hydrogens (tertiary/aromatic N) is 3. The molecular formula is C22H33N3O2S. The Morgan fingerprint density at radius 1 is 1.21 bits per heavy atom. The van der Waals surface area contributed by atoms with Crippen molar-refractivity contribution in [2.24, 2.45) is 11.3 Å². The zero-order valence-corrected chi connectivity index (χ0v) is 18.8. The van der Waals surface area contributed by atoms with Crippen molar-refractivity contribution in [3.8, 4) is 0 Å². The number of likely N-dealkylation sites (N-methyl/N-ethyl adjacent to an activating group) is 1. The molecule has 154 valence electrons. The molecule has 1 saturated carbocycles. The molecule has 1 aromatic carbocycles. The molecule has 0 aliphatic heterocycles. The van der Waals surface area contributed by atoms with Gasteiger partial charge in [0.1, 0.15) is 0 Å². The Bertz CT molecular complexity index is 932. The van der Waals surface area contributed by atoms with Crippen LogP contribution in [0.1, 0.15) is 45.4 Å². The second-order valence-electron chi connectivity index (χ2n) is 9.49. The first-order chi connectivity index (χ1) is 13.0. The normalized spacial score (nSPS) is 21.4. The van der Waals surface area contributed by atoms with E-state index in [-0.39, 0.29) is 16.0 Å². The molecule has 2 aromatic rings. The number of sulfone groups is 1. The summed E-state index contributed by atoms with van der Waals surface area (Å²) in [7, 11) is -1.23. The number of benzene rings is 1. The molecule has 1 aliphatic rings. The maximum Gasteiger partial charge on any atom is 0.227 e. The third kappa shape index (κ3) is 4.03. The van der Waals surface area contributed by atoms with E-state index in [9.17, 15) is 8.42 Å². The van der Waals surface area contributed by atoms with Gasteiger partial charge in [0.2, 0.25) is 15.0 Å². The minimum atomic E-state index is -3.35. The lowest BCUT2D eigenvalue weighted by Gasteiger charge is -2.28. The molecule has 5 nitrogen and oxygen atoms in total. The summed E-state index contributed by atoms with van der Waals surface area (Å²) in [6, 6.07) is 10.7. The molecule has 28 heavy (non-hydrogen) atoms. The third-order valence-corrected chi connectivity index (χ3v) is 6.98. The van der Waals surface area contributed by atoms with Gasteiger partial charge in [0.05, 0.1) is 11.9 Å². The van der Waals surface area contributed by atoms with Crippen molar-refractivity contribution in [2.45, 2.75) is 57.8 Å². The molecule has 6 heteroatoms. The van der Waals surface area contributed by atoms with Crippen molar-refractivity contribution in [2.75, 3.05) is 19.8 Å². The second kappa shape index (κ2) is 7.30. The number of aromatic nitrogens is 2. The van der Waals surface area contributed by atoms with Gasteiger partial charge in [0, 0.05) is 31.3 Å². The number of imidazole rings is 1. The molecule has 0 amide bonds. The van der Waals surface area contributed by atoms with E-state index in [1.165, 1.54) is 11.8 Å². The molecule has 1 atom stereocenters. The summed E-state index contributed by atoms with van der Waals surface area (Å²) in [5, 5.41) is 0.175. The van der Waals surface area contributed by atoms with Gasteiger partial charge in [-0.1, -0.05) is 58.0 Å². The van der Waals surface area contributed by atoms with Gasteiger partial charge in [0.25, 0.3) is 0 Å². The van der Waals surface area contributed by atoms with Crippen molar-refractivity contribution in [1.29, 1.82) is 0 Å². The first-order valence-electron chi connectivity index (χ1n) is 9.95. The van der Waals surface area contributed by atoms with E-state index in [0.717, 1.165) is 18.7 Å². The lowest BCUT2D eigenvalue weighted by molar-refractivity contribution is 0.263. The van der Waals surface area contributed by atoms with Gasteiger partial charge in [-0.3, -0.25) is 4.90 Å². The fourth-order valence-electron chi connectivity index (χ4n) is 4.49. The van der Waals surface area contributed by atoms with Gasteiger partial charge in [-0.25, -0.2) is 13.4 Å². The molecule has 0 bridgehead atoms. The zero-order valence-electron chi connectivity index (χ0n) is 17.9. The highest BCUT2D eigenvalue weighted by Gasteiger charge is 2.61. The summed E-state index contributed by atoms with van der Waals surface area (Å²) < 4.78 is 26.2. The maximum atomic E-state index is 12.1. The fraction of sp³-hybridized carbons (Fsp3) is 0.591. The second-order valence-corrected chi connectivity index (χ2v) is 11.4. The highest BCUT2D eigenvalue weighted by atomic mass is 32.2. The van der Waals surface area contributed by atoms with Crippen LogP contribution in [0.15, 0.2) is 41.7 Å². The van der Waals surface area contributed by atoms with Crippen molar-refractivity contribution in [3.05, 3.63) is 47.8 Å². The zero-order chi connectivity index (χ0) is 20.7. The van der Waals surface area contributed by atoms with E-state index in [1.807, 2.05) is 4.57 Å². The Morgan fingerprint density at radius 3 is 2.32 bits per heavy atom. The maximum absolute atomic E-state index is 12.1. The Hall–Kier alpha value is -1.66. The summed E-state index contributed by atoms with van der Waals surface area (Å²) in [6.45, 7) is 11.1. The Kier molecular flexibility index (Phi) is 5.49. The highest BCUT2D eigenvalue weighted by Crippen LogP contribution is 2.64. The quantitative estimate of drug-likeness (QED) is 0.674. The van der Waals surface area contributed by atoms with Gasteiger partial charge >= 0.3 is 0 Å². The molecule has 0 N–H and O–H groups in total. The van der Waals surface area contributed by atoms with Gasteiger partial charge in [-0.15, -0.1) is 0 Å². The molecular weight excluding hydrogens is 370 g/mol.